The number of Topliss-reactive ketones (excluding diaryl/α,β-unsaturated/α-hetero) is 1. The van der Waals surface area contributed by atoms with Gasteiger partial charge in [-0.1, -0.05) is 26.0 Å². The van der Waals surface area contributed by atoms with Gasteiger partial charge in [-0.15, -0.1) is 0 Å². The molecule has 2 rings (SSSR count). The van der Waals surface area contributed by atoms with Gasteiger partial charge in [0.25, 0.3) is 0 Å². The van der Waals surface area contributed by atoms with Gasteiger partial charge >= 0.3 is 0 Å². The molecular weight excluding hydrogens is 274 g/mol. The number of ketones is 1. The van der Waals surface area contributed by atoms with E-state index in [1.54, 1.807) is 6.92 Å². The Kier molecular flexibility index (Phi) is 6.44. The number of nitrogens with zero attached hydrogens (tertiary/aromatic N) is 1. The van der Waals surface area contributed by atoms with Gasteiger partial charge in [-0.3, -0.25) is 4.79 Å². The Morgan fingerprint density at radius 3 is 2.55 bits per heavy atom. The molecule has 0 bridgehead atoms. The molecule has 1 aliphatic rings. The van der Waals surface area contributed by atoms with Gasteiger partial charge in [-0.05, 0) is 56.7 Å². The number of unbranched alkanes of at least 4 members (excludes halogenated alkanes) is 1. The summed E-state index contributed by atoms with van der Waals surface area (Å²) in [6, 6.07) is 7.50. The van der Waals surface area contributed by atoms with Gasteiger partial charge in [0, 0.05) is 13.1 Å². The van der Waals surface area contributed by atoms with E-state index in [2.05, 4.69) is 18.7 Å². The normalized spacial score (nSPS) is 22.5. The lowest BCUT2D eigenvalue weighted by molar-refractivity contribution is 0.101. The van der Waals surface area contributed by atoms with Crippen LogP contribution in [0.3, 0.4) is 0 Å². The summed E-state index contributed by atoms with van der Waals surface area (Å²) in [6.45, 7) is 10.6. The molecule has 0 unspecified atom stereocenters. The van der Waals surface area contributed by atoms with Gasteiger partial charge in [-0.2, -0.15) is 0 Å². The van der Waals surface area contributed by atoms with Crippen LogP contribution in [-0.2, 0) is 0 Å². The Morgan fingerprint density at radius 1 is 1.18 bits per heavy atom. The van der Waals surface area contributed by atoms with Crippen molar-refractivity contribution < 1.29 is 9.53 Å². The highest BCUT2D eigenvalue weighted by Crippen LogP contribution is 2.21. The SMILES string of the molecule is CC(=O)c1ccccc1OCCCCN1C[C@H](C)C[C@@H](C)C1. The van der Waals surface area contributed by atoms with Crippen molar-refractivity contribution in [2.45, 2.75) is 40.0 Å². The lowest BCUT2D eigenvalue weighted by atomic mass is 9.92. The van der Waals surface area contributed by atoms with Crippen LogP contribution in [0.4, 0.5) is 0 Å². The van der Waals surface area contributed by atoms with Gasteiger partial charge in [0.2, 0.25) is 0 Å². The first-order valence-corrected chi connectivity index (χ1v) is 8.51. The van der Waals surface area contributed by atoms with E-state index in [0.717, 1.165) is 37.0 Å². The Hall–Kier alpha value is -1.35. The molecule has 0 radical (unpaired) electrons. The van der Waals surface area contributed by atoms with Crippen molar-refractivity contribution in [1.29, 1.82) is 0 Å². The second-order valence-corrected chi connectivity index (χ2v) is 6.81. The van der Waals surface area contributed by atoms with Crippen LogP contribution in [0.1, 0.15) is 50.4 Å². The van der Waals surface area contributed by atoms with Crippen molar-refractivity contribution in [1.82, 2.24) is 4.90 Å². The minimum atomic E-state index is 0.0619. The number of likely N-dealkylation sites (tertiary alicyclic amines) is 1. The molecule has 0 N–H and O–H groups in total. The van der Waals surface area contributed by atoms with Crippen molar-refractivity contribution in [3.05, 3.63) is 29.8 Å². The quantitative estimate of drug-likeness (QED) is 0.563. The van der Waals surface area contributed by atoms with Crippen LogP contribution in [0.25, 0.3) is 0 Å². The zero-order valence-electron chi connectivity index (χ0n) is 14.2. The molecular formula is C19H29NO2. The third-order valence-corrected chi connectivity index (χ3v) is 4.34. The number of para-hydroxylation sites is 1. The number of carbonyl (C=O) groups excluding carboxylic acids is 1. The van der Waals surface area contributed by atoms with Crippen LogP contribution in [0.15, 0.2) is 24.3 Å². The van der Waals surface area contributed by atoms with Crippen molar-refractivity contribution in [3.8, 4) is 5.75 Å². The molecule has 1 fully saturated rings. The summed E-state index contributed by atoms with van der Waals surface area (Å²) in [5.74, 6) is 2.42. The second-order valence-electron chi connectivity index (χ2n) is 6.81. The standard InChI is InChI=1S/C19H29NO2/c1-15-12-16(2)14-20(13-15)10-6-7-11-22-19-9-5-4-8-18(19)17(3)21/h4-5,8-9,15-16H,6-7,10-14H2,1-3H3/t15-,16-/m1/s1. The highest BCUT2D eigenvalue weighted by Gasteiger charge is 2.20. The zero-order valence-corrected chi connectivity index (χ0v) is 14.2. The third-order valence-electron chi connectivity index (χ3n) is 4.34. The highest BCUT2D eigenvalue weighted by atomic mass is 16.5. The molecule has 22 heavy (non-hydrogen) atoms. The van der Waals surface area contributed by atoms with E-state index in [4.69, 9.17) is 4.74 Å². The predicted octanol–water partition coefficient (Wildman–Crippen LogP) is 4.03. The molecule has 1 aromatic rings. The van der Waals surface area contributed by atoms with E-state index in [0.29, 0.717) is 12.2 Å². The Bertz CT molecular complexity index is 476. The molecule has 0 aromatic heterocycles. The Morgan fingerprint density at radius 2 is 1.86 bits per heavy atom. The maximum absolute atomic E-state index is 11.5. The number of rotatable bonds is 7. The van der Waals surface area contributed by atoms with Gasteiger partial charge in [0.1, 0.15) is 5.75 Å². The fourth-order valence-corrected chi connectivity index (χ4v) is 3.48. The fraction of sp³-hybridized carbons (Fsp3) is 0.632. The van der Waals surface area contributed by atoms with E-state index in [1.807, 2.05) is 24.3 Å². The lowest BCUT2D eigenvalue weighted by Crippen LogP contribution is -2.39. The average molecular weight is 303 g/mol. The average Bonchev–Trinajstić information content (AvgIpc) is 2.46. The molecule has 0 aliphatic carbocycles. The Balaban J connectivity index is 1.68. The maximum Gasteiger partial charge on any atom is 0.163 e. The summed E-state index contributed by atoms with van der Waals surface area (Å²) < 4.78 is 5.79. The van der Waals surface area contributed by atoms with Crippen molar-refractivity contribution in [2.24, 2.45) is 11.8 Å². The number of hydrogen-bond acceptors (Lipinski definition) is 3. The molecule has 3 heteroatoms. The van der Waals surface area contributed by atoms with Crippen LogP contribution in [0.2, 0.25) is 0 Å². The summed E-state index contributed by atoms with van der Waals surface area (Å²) in [7, 11) is 0. The molecule has 2 atom stereocenters. The summed E-state index contributed by atoms with van der Waals surface area (Å²) in [4.78, 5) is 14.1. The number of piperidine rings is 1. The highest BCUT2D eigenvalue weighted by molar-refractivity contribution is 5.96. The second kappa shape index (κ2) is 8.33. The number of carbonyl (C=O) groups is 1. The molecule has 1 saturated heterocycles. The zero-order chi connectivity index (χ0) is 15.9. The van der Waals surface area contributed by atoms with E-state index >= 15 is 0 Å². The lowest BCUT2D eigenvalue weighted by Gasteiger charge is -2.34. The molecule has 1 heterocycles. The first-order valence-electron chi connectivity index (χ1n) is 8.51. The van der Waals surface area contributed by atoms with Gasteiger partial charge in [0.15, 0.2) is 5.78 Å². The van der Waals surface area contributed by atoms with E-state index in [1.165, 1.54) is 19.5 Å². The number of ether oxygens (including phenoxy) is 1. The van der Waals surface area contributed by atoms with Crippen LogP contribution in [0, 0.1) is 11.8 Å². The summed E-state index contributed by atoms with van der Waals surface area (Å²) in [5, 5.41) is 0. The van der Waals surface area contributed by atoms with Gasteiger partial charge in [-0.25, -0.2) is 0 Å². The van der Waals surface area contributed by atoms with Gasteiger partial charge < -0.3 is 9.64 Å². The van der Waals surface area contributed by atoms with Crippen molar-refractivity contribution >= 4 is 5.78 Å². The van der Waals surface area contributed by atoms with Crippen molar-refractivity contribution in [2.75, 3.05) is 26.2 Å². The van der Waals surface area contributed by atoms with Crippen LogP contribution in [-0.4, -0.2) is 36.9 Å². The van der Waals surface area contributed by atoms with Crippen LogP contribution < -0.4 is 4.74 Å². The first kappa shape index (κ1) is 17.0. The predicted molar refractivity (Wildman–Crippen MR) is 90.6 cm³/mol. The largest absolute Gasteiger partial charge is 0.493 e. The number of benzene rings is 1. The molecule has 1 aliphatic heterocycles. The molecule has 3 nitrogen and oxygen atoms in total. The minimum absolute atomic E-state index is 0.0619. The van der Waals surface area contributed by atoms with E-state index in [9.17, 15) is 4.79 Å². The molecule has 0 saturated carbocycles. The van der Waals surface area contributed by atoms with E-state index in [-0.39, 0.29) is 5.78 Å². The van der Waals surface area contributed by atoms with Gasteiger partial charge in [0.05, 0.1) is 12.2 Å². The molecule has 1 aromatic carbocycles. The summed E-state index contributed by atoms with van der Waals surface area (Å²) in [5.41, 5.74) is 0.682. The third kappa shape index (κ3) is 5.13. The summed E-state index contributed by atoms with van der Waals surface area (Å²) in [6.07, 6.45) is 3.55. The van der Waals surface area contributed by atoms with Crippen molar-refractivity contribution in [3.63, 3.8) is 0 Å². The first-order chi connectivity index (χ1) is 10.6. The Labute approximate surface area is 134 Å². The number of hydrogen-bond donors (Lipinski definition) is 0. The molecule has 122 valence electrons. The monoisotopic (exact) mass is 303 g/mol. The molecule has 0 spiro atoms. The maximum atomic E-state index is 11.5. The minimum Gasteiger partial charge on any atom is -0.493 e. The van der Waals surface area contributed by atoms with Crippen LogP contribution >= 0.6 is 0 Å². The molecule has 0 amide bonds. The summed E-state index contributed by atoms with van der Waals surface area (Å²) >= 11 is 0. The van der Waals surface area contributed by atoms with Crippen LogP contribution in [0.5, 0.6) is 5.75 Å². The fourth-order valence-electron chi connectivity index (χ4n) is 3.48. The van der Waals surface area contributed by atoms with E-state index < -0.39 is 0 Å². The topological polar surface area (TPSA) is 29.5 Å². The smallest absolute Gasteiger partial charge is 0.163 e.